The smallest absolute Gasteiger partial charge is 0.331 e. The summed E-state index contributed by atoms with van der Waals surface area (Å²) >= 11 is 12.0. The van der Waals surface area contributed by atoms with Crippen LogP contribution in [0.1, 0.15) is 22.8 Å². The van der Waals surface area contributed by atoms with Crippen molar-refractivity contribution in [3.8, 4) is 0 Å². The molecule has 0 unspecified atom stereocenters. The molecule has 27 heavy (non-hydrogen) atoms. The molecular formula is C19H16Cl2N2O4. The molecule has 0 aliphatic rings. The largest absolute Gasteiger partial charge is 0.449 e. The molecule has 0 radical (unpaired) electrons. The Balaban J connectivity index is 1.85. The molecule has 0 aliphatic heterocycles. The van der Waals surface area contributed by atoms with Crippen LogP contribution in [-0.4, -0.2) is 23.9 Å². The lowest BCUT2D eigenvalue weighted by atomic mass is 10.2. The van der Waals surface area contributed by atoms with Gasteiger partial charge in [0.2, 0.25) is 0 Å². The van der Waals surface area contributed by atoms with E-state index in [1.54, 1.807) is 48.5 Å². The first-order valence-corrected chi connectivity index (χ1v) is 8.62. The Hall–Kier alpha value is -2.83. The molecule has 2 aromatic rings. The first kappa shape index (κ1) is 20.5. The second-order valence-electron chi connectivity index (χ2n) is 5.36. The SMILES string of the molecule is C[C@@H](OC(=O)/C=C/c1c(Cl)cccc1Cl)C(=O)NNC(=O)c1ccccc1. The highest BCUT2D eigenvalue weighted by molar-refractivity contribution is 6.37. The number of amides is 2. The second kappa shape index (κ2) is 9.75. The fourth-order valence-corrected chi connectivity index (χ4v) is 2.49. The Morgan fingerprint density at radius 1 is 0.963 bits per heavy atom. The first-order chi connectivity index (χ1) is 12.9. The maximum absolute atomic E-state index is 11.9. The summed E-state index contributed by atoms with van der Waals surface area (Å²) in [5.74, 6) is -1.93. The highest BCUT2D eigenvalue weighted by Crippen LogP contribution is 2.25. The minimum Gasteiger partial charge on any atom is -0.449 e. The van der Waals surface area contributed by atoms with Gasteiger partial charge in [-0.05, 0) is 37.3 Å². The Morgan fingerprint density at radius 2 is 1.59 bits per heavy atom. The van der Waals surface area contributed by atoms with Gasteiger partial charge in [-0.15, -0.1) is 0 Å². The normalized spacial score (nSPS) is 11.7. The standard InChI is InChI=1S/C19H16Cl2N2O4/c1-12(18(25)22-23-19(26)13-6-3-2-4-7-13)27-17(24)11-10-14-15(20)8-5-9-16(14)21/h2-12H,1H3,(H,22,25)(H,23,26)/b11-10+/t12-/m1/s1. The number of nitrogens with one attached hydrogen (secondary N) is 2. The van der Waals surface area contributed by atoms with E-state index in [4.69, 9.17) is 27.9 Å². The molecule has 0 bridgehead atoms. The van der Waals surface area contributed by atoms with Crippen molar-refractivity contribution in [2.75, 3.05) is 0 Å². The van der Waals surface area contributed by atoms with Gasteiger partial charge in [-0.25, -0.2) is 4.79 Å². The molecule has 8 heteroatoms. The summed E-state index contributed by atoms with van der Waals surface area (Å²) in [4.78, 5) is 35.6. The summed E-state index contributed by atoms with van der Waals surface area (Å²) in [5.41, 5.74) is 5.28. The highest BCUT2D eigenvalue weighted by Gasteiger charge is 2.17. The van der Waals surface area contributed by atoms with E-state index in [1.807, 2.05) is 0 Å². The molecule has 0 fully saturated rings. The predicted octanol–water partition coefficient (Wildman–Crippen LogP) is 3.40. The lowest BCUT2D eigenvalue weighted by Crippen LogP contribution is -2.46. The number of rotatable bonds is 5. The topological polar surface area (TPSA) is 84.5 Å². The van der Waals surface area contributed by atoms with E-state index in [0.29, 0.717) is 21.2 Å². The van der Waals surface area contributed by atoms with Crippen molar-refractivity contribution in [3.05, 3.63) is 75.8 Å². The number of hydrogen-bond acceptors (Lipinski definition) is 4. The number of esters is 1. The van der Waals surface area contributed by atoms with Crippen LogP contribution in [0.25, 0.3) is 6.08 Å². The molecule has 140 valence electrons. The van der Waals surface area contributed by atoms with Gasteiger partial charge in [-0.1, -0.05) is 47.5 Å². The third-order valence-electron chi connectivity index (χ3n) is 3.38. The van der Waals surface area contributed by atoms with Gasteiger partial charge < -0.3 is 4.74 Å². The number of hydrogen-bond donors (Lipinski definition) is 2. The number of carbonyl (C=O) groups is 3. The summed E-state index contributed by atoms with van der Waals surface area (Å²) in [7, 11) is 0. The number of halogens is 2. The Morgan fingerprint density at radius 3 is 2.22 bits per heavy atom. The van der Waals surface area contributed by atoms with Crippen LogP contribution in [0.2, 0.25) is 10.0 Å². The molecule has 2 rings (SSSR count). The molecule has 0 saturated carbocycles. The molecule has 6 nitrogen and oxygen atoms in total. The Bertz CT molecular complexity index is 849. The Kier molecular flexibility index (Phi) is 7.40. The summed E-state index contributed by atoms with van der Waals surface area (Å²) in [5, 5.41) is 0.752. The number of benzene rings is 2. The van der Waals surface area contributed by atoms with Crippen molar-refractivity contribution < 1.29 is 19.1 Å². The van der Waals surface area contributed by atoms with E-state index in [-0.39, 0.29) is 0 Å². The molecule has 2 aromatic carbocycles. The van der Waals surface area contributed by atoms with Crippen molar-refractivity contribution in [2.24, 2.45) is 0 Å². The van der Waals surface area contributed by atoms with Crippen LogP contribution >= 0.6 is 23.2 Å². The van der Waals surface area contributed by atoms with Crippen LogP contribution in [0.15, 0.2) is 54.6 Å². The number of ether oxygens (including phenoxy) is 1. The highest BCUT2D eigenvalue weighted by atomic mass is 35.5. The average molecular weight is 407 g/mol. The van der Waals surface area contributed by atoms with Crippen LogP contribution in [0.5, 0.6) is 0 Å². The van der Waals surface area contributed by atoms with Crippen LogP contribution in [-0.2, 0) is 14.3 Å². The molecule has 0 aliphatic carbocycles. The summed E-state index contributed by atoms with van der Waals surface area (Å²) in [6.45, 7) is 1.37. The predicted molar refractivity (Wildman–Crippen MR) is 103 cm³/mol. The van der Waals surface area contributed by atoms with Crippen molar-refractivity contribution in [1.29, 1.82) is 0 Å². The van der Waals surface area contributed by atoms with Crippen molar-refractivity contribution in [3.63, 3.8) is 0 Å². The number of carbonyl (C=O) groups excluding carboxylic acids is 3. The quantitative estimate of drug-likeness (QED) is 0.452. The van der Waals surface area contributed by atoms with Gasteiger partial charge in [0.15, 0.2) is 6.10 Å². The Labute approximate surface area is 166 Å². The van der Waals surface area contributed by atoms with Crippen molar-refractivity contribution >= 4 is 47.1 Å². The third-order valence-corrected chi connectivity index (χ3v) is 4.04. The summed E-state index contributed by atoms with van der Waals surface area (Å²) in [6, 6.07) is 13.3. The van der Waals surface area contributed by atoms with Crippen LogP contribution in [0.3, 0.4) is 0 Å². The molecule has 1 atom stereocenters. The van der Waals surface area contributed by atoms with E-state index in [9.17, 15) is 14.4 Å². The van der Waals surface area contributed by atoms with Gasteiger partial charge in [-0.2, -0.15) is 0 Å². The average Bonchev–Trinajstić information content (AvgIpc) is 2.66. The molecule has 2 amide bonds. The van der Waals surface area contributed by atoms with Gasteiger partial charge in [0.25, 0.3) is 11.8 Å². The molecule has 0 saturated heterocycles. The molecule has 0 aromatic heterocycles. The maximum atomic E-state index is 11.9. The fourth-order valence-electron chi connectivity index (χ4n) is 1.97. The van der Waals surface area contributed by atoms with E-state index in [0.717, 1.165) is 6.08 Å². The van der Waals surface area contributed by atoms with Gasteiger partial charge in [0, 0.05) is 27.2 Å². The van der Waals surface area contributed by atoms with Crippen LogP contribution in [0, 0.1) is 0 Å². The number of hydrazine groups is 1. The molecule has 2 N–H and O–H groups in total. The first-order valence-electron chi connectivity index (χ1n) is 7.86. The van der Waals surface area contributed by atoms with Gasteiger partial charge in [-0.3, -0.25) is 20.4 Å². The van der Waals surface area contributed by atoms with E-state index >= 15 is 0 Å². The zero-order valence-electron chi connectivity index (χ0n) is 14.2. The van der Waals surface area contributed by atoms with Gasteiger partial charge >= 0.3 is 5.97 Å². The zero-order valence-corrected chi connectivity index (χ0v) is 15.8. The van der Waals surface area contributed by atoms with Gasteiger partial charge in [0.05, 0.1) is 0 Å². The van der Waals surface area contributed by atoms with Crippen molar-refractivity contribution in [1.82, 2.24) is 10.9 Å². The summed E-state index contributed by atoms with van der Waals surface area (Å²) < 4.78 is 4.98. The molecular weight excluding hydrogens is 391 g/mol. The molecule has 0 heterocycles. The summed E-state index contributed by atoms with van der Waals surface area (Å²) in [6.07, 6.45) is 1.38. The lowest BCUT2D eigenvalue weighted by molar-refractivity contribution is -0.150. The maximum Gasteiger partial charge on any atom is 0.331 e. The fraction of sp³-hybridized carbons (Fsp3) is 0.105. The van der Waals surface area contributed by atoms with E-state index < -0.39 is 23.9 Å². The van der Waals surface area contributed by atoms with Crippen LogP contribution < -0.4 is 10.9 Å². The minimum absolute atomic E-state index is 0.376. The molecule has 0 spiro atoms. The minimum atomic E-state index is -1.13. The van der Waals surface area contributed by atoms with E-state index in [2.05, 4.69) is 10.9 Å². The lowest BCUT2D eigenvalue weighted by Gasteiger charge is -2.13. The van der Waals surface area contributed by atoms with Gasteiger partial charge in [0.1, 0.15) is 0 Å². The van der Waals surface area contributed by atoms with E-state index in [1.165, 1.54) is 13.0 Å². The van der Waals surface area contributed by atoms with Crippen LogP contribution in [0.4, 0.5) is 0 Å². The third kappa shape index (κ3) is 6.13. The second-order valence-corrected chi connectivity index (χ2v) is 6.17. The van der Waals surface area contributed by atoms with Crippen molar-refractivity contribution in [2.45, 2.75) is 13.0 Å². The zero-order chi connectivity index (χ0) is 19.8. The monoisotopic (exact) mass is 406 g/mol.